The Morgan fingerprint density at radius 2 is 1.96 bits per heavy atom. The van der Waals surface area contributed by atoms with Gasteiger partial charge in [0.15, 0.2) is 11.5 Å². The van der Waals surface area contributed by atoms with Gasteiger partial charge >= 0.3 is 5.97 Å². The summed E-state index contributed by atoms with van der Waals surface area (Å²) >= 11 is 5.98. The Kier molecular flexibility index (Phi) is 5.16. The number of methoxy groups -OCH3 is 1. The van der Waals surface area contributed by atoms with Gasteiger partial charge in [0.05, 0.1) is 18.1 Å². The Morgan fingerprint density at radius 1 is 1.26 bits per heavy atom. The van der Waals surface area contributed by atoms with Gasteiger partial charge in [-0.1, -0.05) is 35.4 Å². The van der Waals surface area contributed by atoms with Crippen molar-refractivity contribution in [1.29, 1.82) is 0 Å². The molecule has 4 nitrogen and oxygen atoms in total. The second-order valence-corrected chi connectivity index (χ2v) is 5.99. The largest absolute Gasteiger partial charge is 0.503 e. The lowest BCUT2D eigenvalue weighted by Crippen LogP contribution is -2.16. The Labute approximate surface area is 140 Å². The predicted octanol–water partition coefficient (Wildman–Crippen LogP) is 4.08. The van der Waals surface area contributed by atoms with Crippen molar-refractivity contribution in [3.05, 3.63) is 57.6 Å². The van der Waals surface area contributed by atoms with Gasteiger partial charge in [-0.3, -0.25) is 4.79 Å². The molecule has 0 aromatic heterocycles. The second kappa shape index (κ2) is 6.92. The summed E-state index contributed by atoms with van der Waals surface area (Å²) in [5, 5.41) is 19.5. The topological polar surface area (TPSA) is 66.8 Å². The number of phenolic OH excluding ortho intramolecular Hbond substituents is 1. The zero-order valence-corrected chi connectivity index (χ0v) is 14.0. The highest BCUT2D eigenvalue weighted by Crippen LogP contribution is 2.36. The van der Waals surface area contributed by atoms with E-state index in [1.807, 2.05) is 32.0 Å². The minimum absolute atomic E-state index is 0.142. The number of ether oxygens (including phenoxy) is 1. The van der Waals surface area contributed by atoms with E-state index in [1.54, 1.807) is 12.1 Å². The molecular weight excluding hydrogens is 316 g/mol. The first-order valence-electron chi connectivity index (χ1n) is 7.18. The minimum atomic E-state index is -0.903. The number of benzene rings is 2. The van der Waals surface area contributed by atoms with Crippen LogP contribution in [0.2, 0.25) is 5.02 Å². The molecule has 0 fully saturated rings. The summed E-state index contributed by atoms with van der Waals surface area (Å²) in [6.45, 7) is 3.87. The van der Waals surface area contributed by atoms with Crippen molar-refractivity contribution < 1.29 is 19.7 Å². The number of aromatic hydroxyl groups is 1. The summed E-state index contributed by atoms with van der Waals surface area (Å²) in [5.41, 5.74) is 3.49. The smallest absolute Gasteiger partial charge is 0.311 e. The lowest BCUT2D eigenvalue weighted by molar-refractivity contribution is -0.138. The quantitative estimate of drug-likeness (QED) is 0.864. The van der Waals surface area contributed by atoms with Gasteiger partial charge in [0.25, 0.3) is 0 Å². The van der Waals surface area contributed by atoms with Crippen LogP contribution in [0, 0.1) is 13.8 Å². The lowest BCUT2D eigenvalue weighted by atomic mass is 9.88. The van der Waals surface area contributed by atoms with Crippen LogP contribution in [0.4, 0.5) is 0 Å². The third-order valence-electron chi connectivity index (χ3n) is 3.85. The average Bonchev–Trinajstić information content (AvgIpc) is 2.48. The number of hydrogen-bond acceptors (Lipinski definition) is 3. The zero-order chi connectivity index (χ0) is 17.1. The highest BCUT2D eigenvalue weighted by atomic mass is 35.5. The van der Waals surface area contributed by atoms with Gasteiger partial charge in [0.2, 0.25) is 0 Å². The molecule has 0 spiro atoms. The monoisotopic (exact) mass is 334 g/mol. The van der Waals surface area contributed by atoms with Crippen molar-refractivity contribution in [3.63, 3.8) is 0 Å². The van der Waals surface area contributed by atoms with Gasteiger partial charge in [-0.15, -0.1) is 0 Å². The van der Waals surface area contributed by atoms with Crippen molar-refractivity contribution in [2.24, 2.45) is 0 Å². The third-order valence-corrected chi connectivity index (χ3v) is 4.13. The number of carboxylic acids is 1. The molecule has 0 heterocycles. The van der Waals surface area contributed by atoms with Gasteiger partial charge in [-0.05, 0) is 49.1 Å². The molecule has 2 aromatic rings. The molecule has 2 N–H and O–H groups in total. The SMILES string of the molecule is COc1cc(CC(C(=O)O)c2ccc(C)cc2C)cc(Cl)c1O. The molecule has 0 aliphatic rings. The molecule has 0 saturated heterocycles. The average molecular weight is 335 g/mol. The van der Waals surface area contributed by atoms with E-state index in [1.165, 1.54) is 7.11 Å². The fraction of sp³-hybridized carbons (Fsp3) is 0.278. The summed E-state index contributed by atoms with van der Waals surface area (Å²) in [6.07, 6.45) is 0.260. The number of rotatable bonds is 5. The first kappa shape index (κ1) is 17.2. The molecule has 122 valence electrons. The maximum Gasteiger partial charge on any atom is 0.311 e. The van der Waals surface area contributed by atoms with E-state index in [9.17, 15) is 15.0 Å². The molecule has 0 radical (unpaired) electrons. The summed E-state index contributed by atoms with van der Waals surface area (Å²) in [4.78, 5) is 11.7. The summed E-state index contributed by atoms with van der Waals surface area (Å²) in [5.74, 6) is -1.50. The van der Waals surface area contributed by atoms with Crippen LogP contribution in [0.1, 0.15) is 28.2 Å². The van der Waals surface area contributed by atoms with E-state index in [-0.39, 0.29) is 22.9 Å². The van der Waals surface area contributed by atoms with Crippen molar-refractivity contribution in [1.82, 2.24) is 0 Å². The Hall–Kier alpha value is -2.20. The van der Waals surface area contributed by atoms with Crippen LogP contribution in [-0.2, 0) is 11.2 Å². The van der Waals surface area contributed by atoms with Gasteiger partial charge in [-0.25, -0.2) is 0 Å². The molecule has 0 saturated carbocycles. The zero-order valence-electron chi connectivity index (χ0n) is 13.3. The predicted molar refractivity (Wildman–Crippen MR) is 89.7 cm³/mol. The minimum Gasteiger partial charge on any atom is -0.503 e. The molecule has 5 heteroatoms. The maximum atomic E-state index is 11.7. The summed E-state index contributed by atoms with van der Waals surface area (Å²) in [6, 6.07) is 8.90. The number of phenols is 1. The van der Waals surface area contributed by atoms with E-state index < -0.39 is 11.9 Å². The van der Waals surface area contributed by atoms with Crippen LogP contribution in [-0.4, -0.2) is 23.3 Å². The Morgan fingerprint density at radius 3 is 2.52 bits per heavy atom. The van der Waals surface area contributed by atoms with E-state index in [0.29, 0.717) is 5.56 Å². The molecule has 0 aliphatic carbocycles. The number of aliphatic carboxylic acids is 1. The lowest BCUT2D eigenvalue weighted by Gasteiger charge is -2.17. The van der Waals surface area contributed by atoms with E-state index >= 15 is 0 Å². The fourth-order valence-corrected chi connectivity index (χ4v) is 2.92. The Bertz CT molecular complexity index is 740. The van der Waals surface area contributed by atoms with Crippen LogP contribution in [0.15, 0.2) is 30.3 Å². The summed E-state index contributed by atoms with van der Waals surface area (Å²) in [7, 11) is 1.42. The van der Waals surface area contributed by atoms with Crippen molar-refractivity contribution in [2.45, 2.75) is 26.2 Å². The third kappa shape index (κ3) is 3.77. The molecule has 1 atom stereocenters. The highest BCUT2D eigenvalue weighted by Gasteiger charge is 2.23. The maximum absolute atomic E-state index is 11.7. The molecular formula is C18H19ClO4. The van der Waals surface area contributed by atoms with Gasteiger partial charge in [0.1, 0.15) is 0 Å². The molecule has 0 amide bonds. The van der Waals surface area contributed by atoms with Crippen molar-refractivity contribution in [3.8, 4) is 11.5 Å². The highest BCUT2D eigenvalue weighted by molar-refractivity contribution is 6.32. The van der Waals surface area contributed by atoms with Crippen molar-refractivity contribution in [2.75, 3.05) is 7.11 Å². The molecule has 0 aliphatic heterocycles. The van der Waals surface area contributed by atoms with E-state index in [4.69, 9.17) is 16.3 Å². The normalized spacial score (nSPS) is 12.0. The van der Waals surface area contributed by atoms with Crippen molar-refractivity contribution >= 4 is 17.6 Å². The molecule has 2 aromatic carbocycles. The van der Waals surface area contributed by atoms with Crippen LogP contribution >= 0.6 is 11.6 Å². The first-order chi connectivity index (χ1) is 10.8. The van der Waals surface area contributed by atoms with Gasteiger partial charge in [-0.2, -0.15) is 0 Å². The molecule has 23 heavy (non-hydrogen) atoms. The van der Waals surface area contributed by atoms with Crippen LogP contribution in [0.5, 0.6) is 11.5 Å². The van der Waals surface area contributed by atoms with Gasteiger partial charge in [0, 0.05) is 0 Å². The van der Waals surface area contributed by atoms with Crippen LogP contribution in [0.3, 0.4) is 0 Å². The van der Waals surface area contributed by atoms with Crippen LogP contribution < -0.4 is 4.74 Å². The van der Waals surface area contributed by atoms with E-state index in [2.05, 4.69) is 0 Å². The molecule has 0 bridgehead atoms. The number of carbonyl (C=O) groups is 1. The second-order valence-electron chi connectivity index (χ2n) is 5.58. The standard InChI is InChI=1S/C18H19ClO4/c1-10-4-5-13(11(2)6-10)14(18(21)22)7-12-8-15(19)17(20)16(9-12)23-3/h4-6,8-9,14,20H,7H2,1-3H3,(H,21,22). The van der Waals surface area contributed by atoms with Crippen LogP contribution in [0.25, 0.3) is 0 Å². The van der Waals surface area contributed by atoms with E-state index in [0.717, 1.165) is 16.7 Å². The molecule has 2 rings (SSSR count). The van der Waals surface area contributed by atoms with Gasteiger partial charge < -0.3 is 14.9 Å². The fourth-order valence-electron chi connectivity index (χ4n) is 2.68. The number of aryl methyl sites for hydroxylation is 2. The Balaban J connectivity index is 2.41. The first-order valence-corrected chi connectivity index (χ1v) is 7.56. The molecule has 1 unspecified atom stereocenters. The number of carboxylic acid groups (broad SMARTS) is 1. The number of halogens is 1. The number of hydrogen-bond donors (Lipinski definition) is 2. The summed E-state index contributed by atoms with van der Waals surface area (Å²) < 4.78 is 5.07.